The summed E-state index contributed by atoms with van der Waals surface area (Å²) in [4.78, 5) is 42.5. The van der Waals surface area contributed by atoms with Crippen LogP contribution in [-0.2, 0) is 4.79 Å². The second kappa shape index (κ2) is 9.88. The average Bonchev–Trinajstić information content (AvgIpc) is 2.84. The molecule has 0 atom stereocenters. The van der Waals surface area contributed by atoms with Gasteiger partial charge in [-0.15, -0.1) is 0 Å². The number of benzene rings is 3. The fourth-order valence-corrected chi connectivity index (χ4v) is 4.21. The van der Waals surface area contributed by atoms with Crippen LogP contribution in [-0.4, -0.2) is 27.1 Å². The van der Waals surface area contributed by atoms with E-state index in [0.29, 0.717) is 21.7 Å². The number of hydrogen-bond acceptors (Lipinski definition) is 5. The van der Waals surface area contributed by atoms with E-state index in [2.05, 4.69) is 15.8 Å². The molecule has 34 heavy (non-hydrogen) atoms. The third-order valence-electron chi connectivity index (χ3n) is 5.33. The van der Waals surface area contributed by atoms with E-state index in [9.17, 15) is 18.8 Å². The first-order valence-electron chi connectivity index (χ1n) is 10.4. The van der Waals surface area contributed by atoms with Gasteiger partial charge in [-0.3, -0.25) is 29.8 Å². The minimum absolute atomic E-state index is 0.132. The van der Waals surface area contributed by atoms with Gasteiger partial charge in [0.05, 0.1) is 27.9 Å². The molecule has 0 saturated heterocycles. The number of hydrogen-bond donors (Lipinski definition) is 2. The van der Waals surface area contributed by atoms with Gasteiger partial charge in [-0.2, -0.15) is 0 Å². The van der Waals surface area contributed by atoms with Gasteiger partial charge < -0.3 is 0 Å². The SMILES string of the molecule is Cc1cccc(-n2c(SCC(=O)NNC(=O)c3ccccc3F)nc3ccccc3c2=O)c1C. The lowest BCUT2D eigenvalue weighted by atomic mass is 10.1. The Morgan fingerprint density at radius 2 is 1.71 bits per heavy atom. The van der Waals surface area contributed by atoms with E-state index in [1.807, 2.05) is 32.0 Å². The molecule has 2 N–H and O–H groups in total. The number of para-hydroxylation sites is 1. The molecule has 0 bridgehead atoms. The van der Waals surface area contributed by atoms with Crippen LogP contribution in [0.1, 0.15) is 21.5 Å². The quantitative estimate of drug-likeness (QED) is 0.260. The molecule has 4 rings (SSSR count). The molecule has 0 unspecified atom stereocenters. The van der Waals surface area contributed by atoms with Crippen molar-refractivity contribution < 1.29 is 14.0 Å². The lowest BCUT2D eigenvalue weighted by Gasteiger charge is -2.16. The Morgan fingerprint density at radius 1 is 0.971 bits per heavy atom. The van der Waals surface area contributed by atoms with Crippen LogP contribution in [0.2, 0.25) is 0 Å². The number of rotatable bonds is 5. The molecule has 3 aromatic carbocycles. The van der Waals surface area contributed by atoms with Gasteiger partial charge in [-0.25, -0.2) is 9.37 Å². The topological polar surface area (TPSA) is 93.1 Å². The smallest absolute Gasteiger partial charge is 0.272 e. The number of nitrogens with zero attached hydrogens (tertiary/aromatic N) is 2. The lowest BCUT2D eigenvalue weighted by molar-refractivity contribution is -0.119. The highest BCUT2D eigenvalue weighted by Crippen LogP contribution is 2.24. The molecule has 0 radical (unpaired) electrons. The summed E-state index contributed by atoms with van der Waals surface area (Å²) in [6.07, 6.45) is 0. The first-order chi connectivity index (χ1) is 16.4. The molecule has 172 valence electrons. The summed E-state index contributed by atoms with van der Waals surface area (Å²) in [6, 6.07) is 18.1. The first-order valence-corrected chi connectivity index (χ1v) is 11.4. The number of aryl methyl sites for hydroxylation is 1. The van der Waals surface area contributed by atoms with Gasteiger partial charge >= 0.3 is 0 Å². The second-order valence-corrected chi connectivity index (χ2v) is 8.48. The van der Waals surface area contributed by atoms with Crippen molar-refractivity contribution in [3.8, 4) is 5.69 Å². The molecule has 0 aliphatic heterocycles. The van der Waals surface area contributed by atoms with Crippen molar-refractivity contribution in [3.63, 3.8) is 0 Å². The summed E-state index contributed by atoms with van der Waals surface area (Å²) in [5, 5.41) is 0.808. The molecule has 0 fully saturated rings. The van der Waals surface area contributed by atoms with Gasteiger partial charge in [0.2, 0.25) is 5.91 Å². The number of fused-ring (bicyclic) bond motifs is 1. The van der Waals surface area contributed by atoms with Gasteiger partial charge in [-0.1, -0.05) is 48.2 Å². The maximum atomic E-state index is 13.7. The van der Waals surface area contributed by atoms with Crippen molar-refractivity contribution in [2.24, 2.45) is 0 Å². The molecule has 0 aliphatic carbocycles. The van der Waals surface area contributed by atoms with E-state index in [4.69, 9.17) is 0 Å². The average molecular weight is 477 g/mol. The lowest BCUT2D eigenvalue weighted by Crippen LogP contribution is -2.42. The highest BCUT2D eigenvalue weighted by Gasteiger charge is 2.17. The maximum Gasteiger partial charge on any atom is 0.272 e. The van der Waals surface area contributed by atoms with E-state index >= 15 is 0 Å². The third-order valence-corrected chi connectivity index (χ3v) is 6.27. The molecule has 1 aromatic heterocycles. The normalized spacial score (nSPS) is 10.8. The Balaban J connectivity index is 1.58. The zero-order valence-corrected chi connectivity index (χ0v) is 19.3. The van der Waals surface area contributed by atoms with Crippen LogP contribution in [0.5, 0.6) is 0 Å². The molecular formula is C25H21FN4O3S. The summed E-state index contributed by atoms with van der Waals surface area (Å²) in [7, 11) is 0. The monoisotopic (exact) mass is 476 g/mol. The Hall–Kier alpha value is -3.98. The van der Waals surface area contributed by atoms with Gasteiger partial charge in [0.1, 0.15) is 5.82 Å². The molecule has 9 heteroatoms. The molecule has 7 nitrogen and oxygen atoms in total. The van der Waals surface area contributed by atoms with Crippen molar-refractivity contribution in [2.75, 3.05) is 5.75 Å². The Morgan fingerprint density at radius 3 is 2.50 bits per heavy atom. The summed E-state index contributed by atoms with van der Waals surface area (Å²) >= 11 is 1.06. The Labute approximate surface area is 199 Å². The van der Waals surface area contributed by atoms with Gasteiger partial charge in [0.15, 0.2) is 5.16 Å². The van der Waals surface area contributed by atoms with Crippen LogP contribution < -0.4 is 16.4 Å². The van der Waals surface area contributed by atoms with Crippen molar-refractivity contribution in [3.05, 3.63) is 99.6 Å². The zero-order valence-electron chi connectivity index (χ0n) is 18.5. The fourth-order valence-electron chi connectivity index (χ4n) is 3.40. The number of halogens is 1. The van der Waals surface area contributed by atoms with Gasteiger partial charge in [-0.05, 0) is 55.3 Å². The van der Waals surface area contributed by atoms with E-state index in [1.54, 1.807) is 24.3 Å². The van der Waals surface area contributed by atoms with E-state index in [-0.39, 0.29) is 16.9 Å². The molecule has 0 saturated carbocycles. The van der Waals surface area contributed by atoms with Crippen molar-refractivity contribution in [1.29, 1.82) is 0 Å². The predicted molar refractivity (Wildman–Crippen MR) is 130 cm³/mol. The summed E-state index contributed by atoms with van der Waals surface area (Å²) in [6.45, 7) is 3.88. The predicted octanol–water partition coefficient (Wildman–Crippen LogP) is 3.69. The number of hydrazine groups is 1. The van der Waals surface area contributed by atoms with Crippen LogP contribution in [0.15, 0.2) is 76.7 Å². The van der Waals surface area contributed by atoms with Crippen molar-refractivity contribution in [2.45, 2.75) is 19.0 Å². The van der Waals surface area contributed by atoms with Gasteiger partial charge in [0, 0.05) is 0 Å². The number of carbonyl (C=O) groups excluding carboxylic acids is 2. The van der Waals surface area contributed by atoms with Crippen molar-refractivity contribution >= 4 is 34.5 Å². The first kappa shape index (κ1) is 23.2. The fraction of sp³-hybridized carbons (Fsp3) is 0.120. The number of amides is 2. The van der Waals surface area contributed by atoms with E-state index in [1.165, 1.54) is 22.8 Å². The van der Waals surface area contributed by atoms with Crippen LogP contribution in [0, 0.1) is 19.7 Å². The Bertz CT molecular complexity index is 1470. The number of thioether (sulfide) groups is 1. The molecule has 2 amide bonds. The van der Waals surface area contributed by atoms with E-state index in [0.717, 1.165) is 29.0 Å². The number of carbonyl (C=O) groups is 2. The van der Waals surface area contributed by atoms with E-state index < -0.39 is 17.6 Å². The maximum absolute atomic E-state index is 13.7. The van der Waals surface area contributed by atoms with Crippen molar-refractivity contribution in [1.82, 2.24) is 20.4 Å². The highest BCUT2D eigenvalue weighted by atomic mass is 32.2. The van der Waals surface area contributed by atoms with Gasteiger partial charge in [0.25, 0.3) is 11.5 Å². The summed E-state index contributed by atoms with van der Waals surface area (Å²) < 4.78 is 15.2. The second-order valence-electron chi connectivity index (χ2n) is 7.54. The van der Waals surface area contributed by atoms with Crippen LogP contribution in [0.25, 0.3) is 16.6 Å². The molecule has 0 aliphatic rings. The van der Waals surface area contributed by atoms with Crippen LogP contribution >= 0.6 is 11.8 Å². The van der Waals surface area contributed by atoms with Crippen LogP contribution in [0.3, 0.4) is 0 Å². The highest BCUT2D eigenvalue weighted by molar-refractivity contribution is 7.99. The molecule has 1 heterocycles. The number of nitrogens with one attached hydrogen (secondary N) is 2. The largest absolute Gasteiger partial charge is 0.272 e. The molecular weight excluding hydrogens is 455 g/mol. The number of aromatic nitrogens is 2. The minimum Gasteiger partial charge on any atom is -0.272 e. The van der Waals surface area contributed by atoms with Crippen LogP contribution in [0.4, 0.5) is 4.39 Å². The summed E-state index contributed by atoms with van der Waals surface area (Å²) in [5.41, 5.74) is 7.18. The zero-order chi connectivity index (χ0) is 24.2. The minimum atomic E-state index is -0.771. The summed E-state index contributed by atoms with van der Waals surface area (Å²) in [5.74, 6) is -2.13. The Kier molecular flexibility index (Phi) is 6.74. The molecule has 0 spiro atoms. The standard InChI is InChI=1S/C25H21FN4O3S/c1-15-8-7-13-21(16(15)2)30-24(33)18-10-4-6-12-20(18)27-25(30)34-14-22(31)28-29-23(32)17-9-3-5-11-19(17)26/h3-13H,14H2,1-2H3,(H,28,31)(H,29,32). The molecule has 4 aromatic rings. The third kappa shape index (κ3) is 4.69.